The van der Waals surface area contributed by atoms with Crippen LogP contribution in [0.3, 0.4) is 0 Å². The van der Waals surface area contributed by atoms with E-state index in [1.165, 1.54) is 12.1 Å². The molecule has 2 N–H and O–H groups in total. The van der Waals surface area contributed by atoms with E-state index in [1.807, 2.05) is 30.6 Å². The van der Waals surface area contributed by atoms with E-state index >= 15 is 0 Å². The summed E-state index contributed by atoms with van der Waals surface area (Å²) in [6.07, 6.45) is 0. The van der Waals surface area contributed by atoms with E-state index in [0.29, 0.717) is 5.52 Å². The number of hydrogen-bond donors (Lipinski definition) is 2. The molecule has 5 heteroatoms. The molecule has 0 amide bonds. The molecular weight excluding hydrogens is 194 g/mol. The van der Waals surface area contributed by atoms with Gasteiger partial charge in [0.2, 0.25) is 5.95 Å². The Morgan fingerprint density at radius 3 is 2.40 bits per heavy atom. The van der Waals surface area contributed by atoms with Gasteiger partial charge in [0.05, 0.1) is 11.0 Å². The van der Waals surface area contributed by atoms with Crippen LogP contribution in [-0.2, 0) is 7.05 Å². The van der Waals surface area contributed by atoms with Crippen LogP contribution in [0.5, 0.6) is 11.5 Å². The van der Waals surface area contributed by atoms with Crippen molar-refractivity contribution < 1.29 is 10.2 Å². The highest BCUT2D eigenvalue weighted by Crippen LogP contribution is 2.31. The lowest BCUT2D eigenvalue weighted by Crippen LogP contribution is -2.13. The first kappa shape index (κ1) is 9.64. The van der Waals surface area contributed by atoms with Gasteiger partial charge < -0.3 is 19.7 Å². The second-order valence-corrected chi connectivity index (χ2v) is 3.69. The predicted octanol–water partition coefficient (Wildman–Crippen LogP) is 1.05. The average Bonchev–Trinajstić information content (AvgIpc) is 2.46. The normalized spacial score (nSPS) is 10.9. The van der Waals surface area contributed by atoms with Crippen LogP contribution in [0.1, 0.15) is 0 Å². The second kappa shape index (κ2) is 3.05. The number of phenols is 2. The summed E-state index contributed by atoms with van der Waals surface area (Å²) in [6, 6.07) is 2.96. The molecule has 0 saturated carbocycles. The Morgan fingerprint density at radius 2 is 1.80 bits per heavy atom. The zero-order valence-electron chi connectivity index (χ0n) is 8.89. The second-order valence-electron chi connectivity index (χ2n) is 3.69. The number of aromatic hydroxyl groups is 2. The molecular formula is C10H13N3O2. The van der Waals surface area contributed by atoms with Crippen molar-refractivity contribution in [3.63, 3.8) is 0 Å². The maximum absolute atomic E-state index is 9.38. The Morgan fingerprint density at radius 1 is 1.20 bits per heavy atom. The van der Waals surface area contributed by atoms with E-state index in [2.05, 4.69) is 4.98 Å². The van der Waals surface area contributed by atoms with Gasteiger partial charge >= 0.3 is 0 Å². The molecule has 2 rings (SSSR count). The number of aromatic nitrogens is 2. The molecule has 0 atom stereocenters. The third-order valence-corrected chi connectivity index (χ3v) is 2.35. The van der Waals surface area contributed by atoms with Gasteiger partial charge in [0, 0.05) is 33.3 Å². The minimum atomic E-state index is -0.147. The molecule has 80 valence electrons. The SMILES string of the molecule is CN(C)c1nc2cc(O)c(O)cc2n1C. The molecule has 0 spiro atoms. The largest absolute Gasteiger partial charge is 0.504 e. The summed E-state index contributed by atoms with van der Waals surface area (Å²) in [4.78, 5) is 6.20. The summed E-state index contributed by atoms with van der Waals surface area (Å²) < 4.78 is 1.86. The number of aryl methyl sites for hydroxylation is 1. The number of benzene rings is 1. The minimum absolute atomic E-state index is 0.129. The lowest BCUT2D eigenvalue weighted by molar-refractivity contribution is 0.404. The Kier molecular flexibility index (Phi) is 1.96. The number of fused-ring (bicyclic) bond motifs is 1. The maximum Gasteiger partial charge on any atom is 0.205 e. The number of nitrogens with zero attached hydrogens (tertiary/aromatic N) is 3. The third-order valence-electron chi connectivity index (χ3n) is 2.35. The number of phenolic OH excluding ortho intramolecular Hbond substituents is 2. The van der Waals surface area contributed by atoms with E-state index < -0.39 is 0 Å². The smallest absolute Gasteiger partial charge is 0.205 e. The van der Waals surface area contributed by atoms with Crippen LogP contribution in [0.15, 0.2) is 12.1 Å². The summed E-state index contributed by atoms with van der Waals surface area (Å²) in [6.45, 7) is 0. The summed E-state index contributed by atoms with van der Waals surface area (Å²) in [5.41, 5.74) is 1.45. The average molecular weight is 207 g/mol. The standard InChI is InChI=1S/C10H13N3O2/c1-12(2)10-11-6-4-8(14)9(15)5-7(6)13(10)3/h4-5,14-15H,1-3H3. The number of rotatable bonds is 1. The van der Waals surface area contributed by atoms with Crippen molar-refractivity contribution in [3.8, 4) is 11.5 Å². The first-order valence-corrected chi connectivity index (χ1v) is 4.56. The van der Waals surface area contributed by atoms with E-state index in [9.17, 15) is 10.2 Å². The topological polar surface area (TPSA) is 61.5 Å². The van der Waals surface area contributed by atoms with Gasteiger partial charge in [-0.25, -0.2) is 4.98 Å². The first-order chi connectivity index (χ1) is 7.00. The zero-order chi connectivity index (χ0) is 11.2. The monoisotopic (exact) mass is 207 g/mol. The summed E-state index contributed by atoms with van der Waals surface area (Å²) >= 11 is 0. The van der Waals surface area contributed by atoms with E-state index in [-0.39, 0.29) is 11.5 Å². The van der Waals surface area contributed by atoms with Crippen LogP contribution in [0.25, 0.3) is 11.0 Å². The molecule has 0 aliphatic rings. The van der Waals surface area contributed by atoms with E-state index in [0.717, 1.165) is 11.5 Å². The third kappa shape index (κ3) is 1.36. The molecule has 0 fully saturated rings. The predicted molar refractivity (Wildman–Crippen MR) is 58.4 cm³/mol. The van der Waals surface area contributed by atoms with Crippen molar-refractivity contribution in [1.82, 2.24) is 9.55 Å². The van der Waals surface area contributed by atoms with E-state index in [1.54, 1.807) is 0 Å². The van der Waals surface area contributed by atoms with Crippen molar-refractivity contribution in [3.05, 3.63) is 12.1 Å². The molecule has 1 aromatic carbocycles. The maximum atomic E-state index is 9.38. The van der Waals surface area contributed by atoms with Gasteiger partial charge in [-0.15, -0.1) is 0 Å². The lowest BCUT2D eigenvalue weighted by Gasteiger charge is -2.10. The fraction of sp³-hybridized carbons (Fsp3) is 0.300. The van der Waals surface area contributed by atoms with Gasteiger partial charge in [-0.05, 0) is 0 Å². The Balaban J connectivity index is 2.77. The Labute approximate surface area is 87.2 Å². The fourth-order valence-corrected chi connectivity index (χ4v) is 1.60. The van der Waals surface area contributed by atoms with Crippen molar-refractivity contribution in [1.29, 1.82) is 0 Å². The lowest BCUT2D eigenvalue weighted by atomic mass is 10.3. The highest BCUT2D eigenvalue weighted by molar-refractivity contribution is 5.82. The van der Waals surface area contributed by atoms with Crippen LogP contribution < -0.4 is 4.90 Å². The van der Waals surface area contributed by atoms with Gasteiger partial charge in [0.1, 0.15) is 0 Å². The number of anilines is 1. The van der Waals surface area contributed by atoms with E-state index in [4.69, 9.17) is 0 Å². The molecule has 0 radical (unpaired) electrons. The summed E-state index contributed by atoms with van der Waals surface area (Å²) in [7, 11) is 5.64. The highest BCUT2D eigenvalue weighted by Gasteiger charge is 2.11. The van der Waals surface area contributed by atoms with Crippen LogP contribution in [0.4, 0.5) is 5.95 Å². The number of hydrogen-bond acceptors (Lipinski definition) is 4. The fourth-order valence-electron chi connectivity index (χ4n) is 1.60. The van der Waals surface area contributed by atoms with Crippen LogP contribution in [0.2, 0.25) is 0 Å². The molecule has 0 aliphatic heterocycles. The van der Waals surface area contributed by atoms with Crippen molar-refractivity contribution in [2.45, 2.75) is 0 Å². The first-order valence-electron chi connectivity index (χ1n) is 4.56. The quantitative estimate of drug-likeness (QED) is 0.686. The molecule has 0 bridgehead atoms. The molecule has 0 saturated heterocycles. The van der Waals surface area contributed by atoms with Gasteiger partial charge in [-0.3, -0.25) is 0 Å². The summed E-state index contributed by atoms with van der Waals surface area (Å²) in [5.74, 6) is 0.497. The van der Waals surface area contributed by atoms with Gasteiger partial charge in [-0.2, -0.15) is 0 Å². The van der Waals surface area contributed by atoms with Gasteiger partial charge in [-0.1, -0.05) is 0 Å². The molecule has 1 aromatic heterocycles. The Hall–Kier alpha value is -1.91. The molecule has 0 aliphatic carbocycles. The molecule has 0 unspecified atom stereocenters. The van der Waals surface area contributed by atoms with Gasteiger partial charge in [0.25, 0.3) is 0 Å². The van der Waals surface area contributed by atoms with Crippen LogP contribution in [0, 0.1) is 0 Å². The van der Waals surface area contributed by atoms with Gasteiger partial charge in [0.15, 0.2) is 11.5 Å². The molecule has 15 heavy (non-hydrogen) atoms. The van der Waals surface area contributed by atoms with Crippen molar-refractivity contribution >= 4 is 17.0 Å². The Bertz CT molecular complexity index is 517. The molecule has 5 nitrogen and oxygen atoms in total. The van der Waals surface area contributed by atoms with Crippen molar-refractivity contribution in [2.24, 2.45) is 7.05 Å². The number of imidazole rings is 1. The zero-order valence-corrected chi connectivity index (χ0v) is 8.89. The van der Waals surface area contributed by atoms with Crippen LogP contribution in [-0.4, -0.2) is 33.9 Å². The highest BCUT2D eigenvalue weighted by atomic mass is 16.3. The minimum Gasteiger partial charge on any atom is -0.504 e. The molecule has 2 aromatic rings. The molecule has 1 heterocycles. The van der Waals surface area contributed by atoms with Crippen molar-refractivity contribution in [2.75, 3.05) is 19.0 Å². The summed E-state index contributed by atoms with van der Waals surface area (Å²) in [5, 5.41) is 18.7. The van der Waals surface area contributed by atoms with Crippen LogP contribution >= 0.6 is 0 Å².